The Labute approximate surface area is 200 Å². The molecule has 1 N–H and O–H groups in total. The molecule has 1 saturated heterocycles. The van der Waals surface area contributed by atoms with E-state index in [2.05, 4.69) is 0 Å². The van der Waals surface area contributed by atoms with E-state index in [4.69, 9.17) is 54.1 Å². The van der Waals surface area contributed by atoms with Crippen LogP contribution in [0.15, 0.2) is 29.2 Å². The van der Waals surface area contributed by atoms with Gasteiger partial charge >= 0.3 is 5.97 Å². The molecule has 0 saturated carbocycles. The van der Waals surface area contributed by atoms with Crippen molar-refractivity contribution >= 4 is 69.8 Å². The molecule has 8 nitrogen and oxygen atoms in total. The molecule has 32 heavy (non-hydrogen) atoms. The number of nitrogens with zero attached hydrogens (tertiary/aromatic N) is 1. The summed E-state index contributed by atoms with van der Waals surface area (Å²) >= 11 is 19.3. The lowest BCUT2D eigenvalue weighted by Crippen LogP contribution is -2.27. The zero-order valence-corrected chi connectivity index (χ0v) is 19.0. The fourth-order valence-corrected chi connectivity index (χ4v) is 4.64. The number of hydrogen-bond donors (Lipinski definition) is 1. The summed E-state index contributed by atoms with van der Waals surface area (Å²) in [5.41, 5.74) is 0.972. The first-order valence-electron chi connectivity index (χ1n) is 8.90. The van der Waals surface area contributed by atoms with Gasteiger partial charge in [-0.2, -0.15) is 0 Å². The molecule has 2 heterocycles. The van der Waals surface area contributed by atoms with E-state index in [1.165, 1.54) is 18.2 Å². The van der Waals surface area contributed by atoms with Gasteiger partial charge in [0, 0.05) is 11.1 Å². The van der Waals surface area contributed by atoms with E-state index in [0.717, 1.165) is 16.7 Å². The molecule has 12 heteroatoms. The second-order valence-electron chi connectivity index (χ2n) is 6.56. The van der Waals surface area contributed by atoms with Crippen LogP contribution < -0.4 is 14.2 Å². The van der Waals surface area contributed by atoms with Crippen molar-refractivity contribution in [2.75, 3.05) is 13.4 Å². The normalized spacial score (nSPS) is 16.2. The molecule has 0 radical (unpaired) electrons. The van der Waals surface area contributed by atoms with Crippen LogP contribution in [0.4, 0.5) is 4.79 Å². The Morgan fingerprint density at radius 3 is 2.41 bits per heavy atom. The van der Waals surface area contributed by atoms with Gasteiger partial charge in [-0.1, -0.05) is 34.8 Å². The number of amides is 2. The van der Waals surface area contributed by atoms with Gasteiger partial charge in [-0.05, 0) is 47.2 Å². The molecule has 0 unspecified atom stereocenters. The van der Waals surface area contributed by atoms with Crippen molar-refractivity contribution in [3.63, 3.8) is 0 Å². The molecular formula is C20H12Cl3NO7S. The molecule has 4 rings (SSSR count). The molecule has 0 aromatic heterocycles. The number of carboxylic acid groups (broad SMARTS) is 1. The number of hydrogen-bond acceptors (Lipinski definition) is 7. The highest BCUT2D eigenvalue weighted by Gasteiger charge is 2.36. The Balaban J connectivity index is 1.55. The average Bonchev–Trinajstić information content (AvgIpc) is 3.26. The largest absolute Gasteiger partial charge is 0.479 e. The number of carbonyl (C=O) groups excluding carboxylic acids is 2. The van der Waals surface area contributed by atoms with Crippen LogP contribution in [0.2, 0.25) is 15.1 Å². The Morgan fingerprint density at radius 2 is 1.75 bits per heavy atom. The Morgan fingerprint density at radius 1 is 1.09 bits per heavy atom. The number of benzene rings is 2. The third kappa shape index (κ3) is 4.61. The van der Waals surface area contributed by atoms with Crippen LogP contribution in [-0.2, 0) is 16.1 Å². The van der Waals surface area contributed by atoms with Crippen LogP contribution in [0.25, 0.3) is 6.08 Å². The molecule has 2 aliphatic heterocycles. The first-order chi connectivity index (χ1) is 15.2. The summed E-state index contributed by atoms with van der Waals surface area (Å²) in [5, 5.41) is 8.74. The molecule has 2 aromatic rings. The number of rotatable bonds is 6. The van der Waals surface area contributed by atoms with E-state index in [-0.39, 0.29) is 34.0 Å². The van der Waals surface area contributed by atoms with Crippen molar-refractivity contribution in [3.05, 3.63) is 55.4 Å². The topological polar surface area (TPSA) is 102 Å². The van der Waals surface area contributed by atoms with Crippen molar-refractivity contribution in [2.24, 2.45) is 0 Å². The number of fused-ring (bicyclic) bond motifs is 1. The van der Waals surface area contributed by atoms with Crippen LogP contribution in [-0.4, -0.2) is 40.5 Å². The molecule has 166 valence electrons. The maximum Gasteiger partial charge on any atom is 0.341 e. The van der Waals surface area contributed by atoms with Crippen molar-refractivity contribution in [2.45, 2.75) is 6.54 Å². The summed E-state index contributed by atoms with van der Waals surface area (Å²) < 4.78 is 15.6. The third-order valence-electron chi connectivity index (χ3n) is 4.40. The van der Waals surface area contributed by atoms with Crippen LogP contribution in [0.3, 0.4) is 0 Å². The van der Waals surface area contributed by atoms with Gasteiger partial charge in [-0.25, -0.2) is 4.79 Å². The molecule has 0 bridgehead atoms. The Bertz CT molecular complexity index is 1160. The number of aliphatic carboxylic acids is 1. The van der Waals surface area contributed by atoms with Crippen molar-refractivity contribution < 1.29 is 33.7 Å². The average molecular weight is 517 g/mol. The van der Waals surface area contributed by atoms with E-state index in [1.54, 1.807) is 12.1 Å². The number of carbonyl (C=O) groups is 3. The van der Waals surface area contributed by atoms with Crippen LogP contribution in [0, 0.1) is 0 Å². The predicted molar refractivity (Wildman–Crippen MR) is 119 cm³/mol. The minimum Gasteiger partial charge on any atom is -0.479 e. The summed E-state index contributed by atoms with van der Waals surface area (Å²) in [7, 11) is 0. The van der Waals surface area contributed by atoms with Crippen LogP contribution in [0.5, 0.6) is 17.2 Å². The molecule has 2 amide bonds. The van der Waals surface area contributed by atoms with E-state index in [9.17, 15) is 14.4 Å². The minimum atomic E-state index is -1.18. The van der Waals surface area contributed by atoms with Gasteiger partial charge in [0.15, 0.2) is 23.9 Å². The number of imide groups is 1. The lowest BCUT2D eigenvalue weighted by Gasteiger charge is -2.14. The predicted octanol–water partition coefficient (Wildman–Crippen LogP) is 5.08. The van der Waals surface area contributed by atoms with Crippen molar-refractivity contribution in [3.8, 4) is 17.2 Å². The van der Waals surface area contributed by atoms with Gasteiger partial charge in [0.25, 0.3) is 11.1 Å². The third-order valence-corrected chi connectivity index (χ3v) is 6.22. The summed E-state index contributed by atoms with van der Waals surface area (Å²) in [6.45, 7) is -0.578. The van der Waals surface area contributed by atoms with Gasteiger partial charge in [-0.15, -0.1) is 0 Å². The number of halogens is 3. The summed E-state index contributed by atoms with van der Waals surface area (Å²) in [6.07, 6.45) is 1.46. The van der Waals surface area contributed by atoms with E-state index < -0.39 is 23.7 Å². The number of carboxylic acids is 1. The smallest absolute Gasteiger partial charge is 0.341 e. The zero-order valence-electron chi connectivity index (χ0n) is 15.9. The lowest BCUT2D eigenvalue weighted by atomic mass is 10.1. The van der Waals surface area contributed by atoms with Gasteiger partial charge in [0.05, 0.1) is 21.5 Å². The lowest BCUT2D eigenvalue weighted by molar-refractivity contribution is -0.139. The second-order valence-corrected chi connectivity index (χ2v) is 8.78. The van der Waals surface area contributed by atoms with Crippen molar-refractivity contribution in [1.29, 1.82) is 0 Å². The van der Waals surface area contributed by atoms with Crippen LogP contribution in [0.1, 0.15) is 11.1 Å². The first kappa shape index (κ1) is 22.6. The van der Waals surface area contributed by atoms with E-state index in [1.807, 2.05) is 0 Å². The molecule has 0 aliphatic carbocycles. The van der Waals surface area contributed by atoms with Gasteiger partial charge in [0.2, 0.25) is 6.79 Å². The minimum absolute atomic E-state index is 0.0124. The maximum atomic E-state index is 12.8. The van der Waals surface area contributed by atoms with Gasteiger partial charge in [-0.3, -0.25) is 14.5 Å². The van der Waals surface area contributed by atoms with Crippen LogP contribution >= 0.6 is 46.6 Å². The Kier molecular flexibility index (Phi) is 6.43. The Hall–Kier alpha value is -2.59. The first-order valence-corrected chi connectivity index (χ1v) is 10.8. The monoisotopic (exact) mass is 515 g/mol. The molecular weight excluding hydrogens is 505 g/mol. The summed E-state index contributed by atoms with van der Waals surface area (Å²) in [4.78, 5) is 37.2. The van der Waals surface area contributed by atoms with Crippen molar-refractivity contribution in [1.82, 2.24) is 4.90 Å². The molecule has 2 aromatic carbocycles. The summed E-state index contributed by atoms with van der Waals surface area (Å²) in [6, 6.07) is 6.11. The molecule has 0 spiro atoms. The highest BCUT2D eigenvalue weighted by molar-refractivity contribution is 8.18. The van der Waals surface area contributed by atoms with Gasteiger partial charge in [0.1, 0.15) is 0 Å². The highest BCUT2D eigenvalue weighted by Crippen LogP contribution is 2.40. The molecule has 2 aliphatic rings. The second kappa shape index (κ2) is 9.11. The molecule has 1 fully saturated rings. The zero-order chi connectivity index (χ0) is 23.0. The number of thioether (sulfide) groups is 1. The molecule has 0 atom stereocenters. The van der Waals surface area contributed by atoms with E-state index in [0.29, 0.717) is 27.6 Å². The summed E-state index contributed by atoms with van der Waals surface area (Å²) in [5.74, 6) is -0.693. The SMILES string of the molecule is O=C(O)COc1c(Cl)cc(/C=C2\SC(=O)N(Cc3cc4c(cc3Cl)OCO4)C2=O)cc1Cl. The van der Waals surface area contributed by atoms with E-state index >= 15 is 0 Å². The fraction of sp³-hybridized carbons (Fsp3) is 0.150. The maximum absolute atomic E-state index is 12.8. The number of ether oxygens (including phenoxy) is 3. The highest BCUT2D eigenvalue weighted by atomic mass is 35.5. The fourth-order valence-electron chi connectivity index (χ4n) is 2.97. The van der Waals surface area contributed by atoms with Gasteiger partial charge < -0.3 is 19.3 Å². The quantitative estimate of drug-likeness (QED) is 0.531. The standard InChI is InChI=1S/C20H12Cl3NO7S/c21-11-5-15-14(30-8-31-15)4-10(11)6-24-19(27)16(32-20(24)28)3-9-1-12(22)18(13(23)2-9)29-7-17(25)26/h1-5H,6-8H2,(H,25,26)/b16-3-.